The van der Waals surface area contributed by atoms with E-state index in [4.69, 9.17) is 15.2 Å². The highest BCUT2D eigenvalue weighted by molar-refractivity contribution is 14.0. The normalized spacial score (nSPS) is 15.8. The minimum atomic E-state index is -0.425. The Labute approximate surface area is 200 Å². The first kappa shape index (κ1) is 24.6. The molecule has 3 rings (SSSR count). The highest BCUT2D eigenvalue weighted by Crippen LogP contribution is 2.30. The van der Waals surface area contributed by atoms with Crippen LogP contribution in [0.3, 0.4) is 0 Å². The number of benzene rings is 2. The van der Waals surface area contributed by atoms with Crippen molar-refractivity contribution in [2.45, 2.75) is 19.0 Å². The third-order valence-electron chi connectivity index (χ3n) is 5.15. The van der Waals surface area contributed by atoms with E-state index in [0.717, 1.165) is 48.2 Å². The largest absolute Gasteiger partial charge is 0.497 e. The number of halogens is 1. The predicted molar refractivity (Wildman–Crippen MR) is 134 cm³/mol. The number of anilines is 1. The van der Waals surface area contributed by atoms with E-state index in [2.05, 4.69) is 20.5 Å². The summed E-state index contributed by atoms with van der Waals surface area (Å²) in [5, 5.41) is 6.80. The molecule has 0 aromatic heterocycles. The molecule has 1 fully saturated rings. The summed E-state index contributed by atoms with van der Waals surface area (Å²) in [5.41, 5.74) is 7.90. The van der Waals surface area contributed by atoms with Gasteiger partial charge in [0.1, 0.15) is 11.5 Å². The summed E-state index contributed by atoms with van der Waals surface area (Å²) < 4.78 is 10.8. The summed E-state index contributed by atoms with van der Waals surface area (Å²) in [4.78, 5) is 17.8. The van der Waals surface area contributed by atoms with Crippen molar-refractivity contribution in [3.05, 3.63) is 53.6 Å². The Kier molecular flexibility index (Phi) is 9.22. The SMILES string of the molecule is CN=C(NCc1ccc(C(N)=O)cc1)NC1CCN(c2cc(OC)cc(OC)c2)C1.I. The maximum atomic E-state index is 11.2. The van der Waals surface area contributed by atoms with Crippen LogP contribution in [0.15, 0.2) is 47.5 Å². The molecule has 4 N–H and O–H groups in total. The average Bonchev–Trinajstić information content (AvgIpc) is 3.25. The fraction of sp³-hybridized carbons (Fsp3) is 0.364. The Morgan fingerprint density at radius 1 is 1.16 bits per heavy atom. The molecule has 1 aliphatic rings. The van der Waals surface area contributed by atoms with Crippen molar-refractivity contribution in [2.75, 3.05) is 39.3 Å². The van der Waals surface area contributed by atoms with Crippen LogP contribution >= 0.6 is 24.0 Å². The van der Waals surface area contributed by atoms with Crippen LogP contribution in [-0.4, -0.2) is 52.3 Å². The topological polar surface area (TPSA) is 101 Å². The molecule has 0 bridgehead atoms. The first-order valence-electron chi connectivity index (χ1n) is 9.86. The van der Waals surface area contributed by atoms with Crippen molar-refractivity contribution < 1.29 is 14.3 Å². The van der Waals surface area contributed by atoms with E-state index < -0.39 is 5.91 Å². The molecule has 1 heterocycles. The third kappa shape index (κ3) is 6.65. The maximum absolute atomic E-state index is 11.2. The lowest BCUT2D eigenvalue weighted by atomic mass is 10.1. The van der Waals surface area contributed by atoms with Crippen molar-refractivity contribution in [2.24, 2.45) is 10.7 Å². The lowest BCUT2D eigenvalue weighted by Gasteiger charge is -2.21. The molecule has 9 heteroatoms. The molecule has 8 nitrogen and oxygen atoms in total. The number of methoxy groups -OCH3 is 2. The van der Waals surface area contributed by atoms with E-state index in [1.54, 1.807) is 33.4 Å². The van der Waals surface area contributed by atoms with E-state index in [0.29, 0.717) is 12.1 Å². The van der Waals surface area contributed by atoms with Gasteiger partial charge in [-0.2, -0.15) is 0 Å². The van der Waals surface area contributed by atoms with Crippen molar-refractivity contribution in [3.8, 4) is 11.5 Å². The number of aliphatic imine (C=N–C) groups is 1. The molecule has 2 aromatic rings. The minimum absolute atomic E-state index is 0. The molecule has 1 unspecified atom stereocenters. The predicted octanol–water partition coefficient (Wildman–Crippen LogP) is 2.36. The first-order valence-corrected chi connectivity index (χ1v) is 9.86. The highest BCUT2D eigenvalue weighted by Gasteiger charge is 2.24. The molecule has 31 heavy (non-hydrogen) atoms. The molecule has 168 valence electrons. The lowest BCUT2D eigenvalue weighted by molar-refractivity contribution is 0.100. The van der Waals surface area contributed by atoms with Crippen LogP contribution in [0.5, 0.6) is 11.5 Å². The molecular formula is C22H30IN5O3. The maximum Gasteiger partial charge on any atom is 0.248 e. The number of carbonyl (C=O) groups is 1. The number of hydrogen-bond acceptors (Lipinski definition) is 5. The number of amides is 1. The molecule has 0 spiro atoms. The number of rotatable bonds is 7. The molecule has 1 aliphatic heterocycles. The molecule has 0 saturated carbocycles. The Morgan fingerprint density at radius 3 is 2.35 bits per heavy atom. The second-order valence-electron chi connectivity index (χ2n) is 7.13. The molecule has 1 saturated heterocycles. The van der Waals surface area contributed by atoms with E-state index in [1.165, 1.54) is 0 Å². The van der Waals surface area contributed by atoms with Gasteiger partial charge < -0.3 is 30.7 Å². The van der Waals surface area contributed by atoms with Gasteiger partial charge in [-0.3, -0.25) is 9.79 Å². The summed E-state index contributed by atoms with van der Waals surface area (Å²) in [5.74, 6) is 1.87. The van der Waals surface area contributed by atoms with Crippen molar-refractivity contribution in [1.82, 2.24) is 10.6 Å². The Bertz CT molecular complexity index is 882. The number of nitrogens with two attached hydrogens (primary N) is 1. The van der Waals surface area contributed by atoms with Crippen molar-refractivity contribution in [1.29, 1.82) is 0 Å². The zero-order valence-corrected chi connectivity index (χ0v) is 20.4. The number of nitrogens with one attached hydrogen (secondary N) is 2. The molecule has 0 aliphatic carbocycles. The van der Waals surface area contributed by atoms with Gasteiger partial charge in [-0.25, -0.2) is 0 Å². The highest BCUT2D eigenvalue weighted by atomic mass is 127. The Morgan fingerprint density at radius 2 is 1.81 bits per heavy atom. The second-order valence-corrected chi connectivity index (χ2v) is 7.13. The van der Waals surface area contributed by atoms with Gasteiger partial charge in [-0.05, 0) is 24.1 Å². The Balaban J connectivity index is 0.00000341. The average molecular weight is 539 g/mol. The third-order valence-corrected chi connectivity index (χ3v) is 5.15. The van der Waals surface area contributed by atoms with Gasteiger partial charge in [0.15, 0.2) is 5.96 Å². The van der Waals surface area contributed by atoms with Gasteiger partial charge in [0, 0.05) is 62.2 Å². The zero-order valence-electron chi connectivity index (χ0n) is 18.1. The fourth-order valence-electron chi connectivity index (χ4n) is 3.45. The molecule has 1 atom stereocenters. The fourth-order valence-corrected chi connectivity index (χ4v) is 3.45. The second kappa shape index (κ2) is 11.6. The van der Waals surface area contributed by atoms with Crippen LogP contribution in [0, 0.1) is 0 Å². The monoisotopic (exact) mass is 539 g/mol. The number of ether oxygens (including phenoxy) is 2. The molecule has 1 amide bonds. The van der Waals surface area contributed by atoms with Gasteiger partial charge in [0.05, 0.1) is 14.2 Å². The summed E-state index contributed by atoms with van der Waals surface area (Å²) in [6.07, 6.45) is 0.994. The number of hydrogen-bond donors (Lipinski definition) is 3. The van der Waals surface area contributed by atoms with Crippen LogP contribution in [-0.2, 0) is 6.54 Å². The van der Waals surface area contributed by atoms with Crippen LogP contribution in [0.4, 0.5) is 5.69 Å². The van der Waals surface area contributed by atoms with Crippen LogP contribution in [0.1, 0.15) is 22.3 Å². The lowest BCUT2D eigenvalue weighted by Crippen LogP contribution is -2.44. The van der Waals surface area contributed by atoms with Crippen LogP contribution in [0.2, 0.25) is 0 Å². The Hall–Kier alpha value is -2.69. The summed E-state index contributed by atoms with van der Waals surface area (Å²) in [6.45, 7) is 2.38. The van der Waals surface area contributed by atoms with Crippen molar-refractivity contribution in [3.63, 3.8) is 0 Å². The quantitative estimate of drug-likeness (QED) is 0.284. The van der Waals surface area contributed by atoms with Gasteiger partial charge in [0.2, 0.25) is 5.91 Å². The summed E-state index contributed by atoms with van der Waals surface area (Å²) in [6, 6.07) is 13.4. The van der Waals surface area contributed by atoms with E-state index >= 15 is 0 Å². The molecule has 2 aromatic carbocycles. The molecular weight excluding hydrogens is 509 g/mol. The van der Waals surface area contributed by atoms with E-state index in [-0.39, 0.29) is 30.0 Å². The van der Waals surface area contributed by atoms with Gasteiger partial charge in [-0.1, -0.05) is 12.1 Å². The van der Waals surface area contributed by atoms with E-state index in [9.17, 15) is 4.79 Å². The molecule has 0 radical (unpaired) electrons. The van der Waals surface area contributed by atoms with Gasteiger partial charge in [-0.15, -0.1) is 24.0 Å². The first-order chi connectivity index (χ1) is 14.5. The zero-order chi connectivity index (χ0) is 21.5. The van der Waals surface area contributed by atoms with Crippen LogP contribution < -0.4 is 30.7 Å². The smallest absolute Gasteiger partial charge is 0.248 e. The number of primary amides is 1. The standard InChI is InChI=1S/C22H29N5O3.HI/c1-24-22(25-13-15-4-6-16(7-5-15)21(23)28)26-17-8-9-27(14-17)18-10-19(29-2)12-20(11-18)30-3;/h4-7,10-12,17H,8-9,13-14H2,1-3H3,(H2,23,28)(H2,24,25,26);1H. The van der Waals surface area contributed by atoms with Gasteiger partial charge in [0.25, 0.3) is 0 Å². The van der Waals surface area contributed by atoms with Gasteiger partial charge >= 0.3 is 0 Å². The number of carbonyl (C=O) groups excluding carboxylic acids is 1. The summed E-state index contributed by atoms with van der Waals surface area (Å²) >= 11 is 0. The summed E-state index contributed by atoms with van der Waals surface area (Å²) in [7, 11) is 5.07. The number of guanidine groups is 1. The van der Waals surface area contributed by atoms with Crippen molar-refractivity contribution >= 4 is 41.5 Å². The van der Waals surface area contributed by atoms with E-state index in [1.807, 2.05) is 30.3 Å². The van der Waals surface area contributed by atoms with Crippen LogP contribution in [0.25, 0.3) is 0 Å². The number of nitrogens with zero attached hydrogens (tertiary/aromatic N) is 2. The minimum Gasteiger partial charge on any atom is -0.497 e.